The van der Waals surface area contributed by atoms with Crippen molar-refractivity contribution in [1.82, 2.24) is 4.72 Å². The van der Waals surface area contributed by atoms with Crippen LogP contribution in [0, 0.1) is 0 Å². The Kier molecular flexibility index (Phi) is 6.07. The average Bonchev–Trinajstić information content (AvgIpc) is 2.75. The van der Waals surface area contributed by atoms with Crippen molar-refractivity contribution in [1.29, 1.82) is 0 Å². The largest absolute Gasteiger partial charge is 0.492 e. The van der Waals surface area contributed by atoms with Crippen molar-refractivity contribution >= 4 is 38.4 Å². The third kappa shape index (κ3) is 3.82. The van der Waals surface area contributed by atoms with Crippen LogP contribution in [0.1, 0.15) is 12.0 Å². The number of hydrogen-bond acceptors (Lipinski definition) is 4. The molecule has 0 bridgehead atoms. The Morgan fingerprint density at radius 3 is 2.84 bits per heavy atom. The molecule has 0 aromatic heterocycles. The maximum absolute atomic E-state index is 12.2. The molecule has 0 aliphatic carbocycles. The third-order valence-electron chi connectivity index (χ3n) is 2.68. The van der Waals surface area contributed by atoms with E-state index in [0.29, 0.717) is 31.9 Å². The summed E-state index contributed by atoms with van der Waals surface area (Å²) in [5.74, 6) is 0.471. The van der Waals surface area contributed by atoms with E-state index in [2.05, 4.69) is 20.7 Å². The highest BCUT2D eigenvalue weighted by molar-refractivity contribution is 9.10. The molecule has 1 aromatic carbocycles. The van der Waals surface area contributed by atoms with E-state index in [4.69, 9.17) is 10.5 Å². The molecule has 1 heterocycles. The zero-order valence-electron chi connectivity index (χ0n) is 10.2. The number of halogens is 2. The highest BCUT2D eigenvalue weighted by Crippen LogP contribution is 2.35. The molecule has 0 atom stereocenters. The predicted molar refractivity (Wildman–Crippen MR) is 79.4 cm³/mol. The van der Waals surface area contributed by atoms with Crippen LogP contribution >= 0.6 is 28.3 Å². The second kappa shape index (κ2) is 6.90. The van der Waals surface area contributed by atoms with Gasteiger partial charge in [0.25, 0.3) is 0 Å². The van der Waals surface area contributed by atoms with Gasteiger partial charge >= 0.3 is 0 Å². The monoisotopic (exact) mass is 370 g/mol. The molecular formula is C11H16BrClN2O3S. The van der Waals surface area contributed by atoms with Crippen LogP contribution in [0.15, 0.2) is 21.5 Å². The molecule has 0 saturated heterocycles. The molecule has 0 fully saturated rings. The summed E-state index contributed by atoms with van der Waals surface area (Å²) in [6.45, 7) is 1.31. The van der Waals surface area contributed by atoms with Gasteiger partial charge in [-0.2, -0.15) is 0 Å². The molecule has 5 nitrogen and oxygen atoms in total. The predicted octanol–water partition coefficient (Wildman–Crippen LogP) is 1.43. The number of benzene rings is 1. The fourth-order valence-electron chi connectivity index (χ4n) is 1.82. The van der Waals surface area contributed by atoms with Crippen molar-refractivity contribution in [2.75, 3.05) is 19.7 Å². The SMILES string of the molecule is Cl.NCCCNS(=O)(=O)c1cc(Br)cc2c1OCC2. The molecule has 0 amide bonds. The second-order valence-electron chi connectivity index (χ2n) is 4.03. The van der Waals surface area contributed by atoms with E-state index >= 15 is 0 Å². The third-order valence-corrected chi connectivity index (χ3v) is 4.60. The highest BCUT2D eigenvalue weighted by atomic mass is 79.9. The van der Waals surface area contributed by atoms with Gasteiger partial charge in [0.2, 0.25) is 10.0 Å². The average molecular weight is 372 g/mol. The lowest BCUT2D eigenvalue weighted by Gasteiger charge is -2.10. The van der Waals surface area contributed by atoms with Crippen LogP contribution in [0.4, 0.5) is 0 Å². The summed E-state index contributed by atoms with van der Waals surface area (Å²) in [7, 11) is -3.54. The molecule has 1 aliphatic rings. The van der Waals surface area contributed by atoms with E-state index in [1.165, 1.54) is 0 Å². The van der Waals surface area contributed by atoms with Crippen LogP contribution in [0.2, 0.25) is 0 Å². The van der Waals surface area contributed by atoms with Crippen molar-refractivity contribution in [3.8, 4) is 5.75 Å². The van der Waals surface area contributed by atoms with Gasteiger partial charge in [0, 0.05) is 23.0 Å². The fourth-order valence-corrected chi connectivity index (χ4v) is 3.76. The summed E-state index contributed by atoms with van der Waals surface area (Å²) in [5, 5.41) is 0. The smallest absolute Gasteiger partial charge is 0.244 e. The summed E-state index contributed by atoms with van der Waals surface area (Å²) in [6, 6.07) is 3.45. The lowest BCUT2D eigenvalue weighted by Crippen LogP contribution is -2.26. The van der Waals surface area contributed by atoms with Gasteiger partial charge in [0.1, 0.15) is 10.6 Å². The van der Waals surface area contributed by atoms with Crippen molar-refractivity contribution in [3.63, 3.8) is 0 Å². The first-order valence-electron chi connectivity index (χ1n) is 5.69. The minimum Gasteiger partial charge on any atom is -0.492 e. The molecule has 2 rings (SSSR count). The number of fused-ring (bicyclic) bond motifs is 1. The lowest BCUT2D eigenvalue weighted by atomic mass is 10.2. The van der Waals surface area contributed by atoms with E-state index in [9.17, 15) is 8.42 Å². The van der Waals surface area contributed by atoms with Crippen LogP contribution in [-0.4, -0.2) is 28.1 Å². The van der Waals surface area contributed by atoms with Gasteiger partial charge in [-0.05, 0) is 25.1 Å². The van der Waals surface area contributed by atoms with Gasteiger partial charge in [-0.25, -0.2) is 13.1 Å². The number of sulfonamides is 1. The van der Waals surface area contributed by atoms with E-state index in [0.717, 1.165) is 16.5 Å². The van der Waals surface area contributed by atoms with E-state index in [1.807, 2.05) is 6.07 Å². The standard InChI is InChI=1S/C11H15BrN2O3S.ClH/c12-9-6-8-2-5-17-11(8)10(7-9)18(15,16)14-4-1-3-13;/h6-7,14H,1-5,13H2;1H. The zero-order valence-corrected chi connectivity index (χ0v) is 13.4. The Morgan fingerprint density at radius 1 is 1.42 bits per heavy atom. The van der Waals surface area contributed by atoms with Crippen molar-refractivity contribution in [3.05, 3.63) is 22.2 Å². The van der Waals surface area contributed by atoms with Crippen molar-refractivity contribution < 1.29 is 13.2 Å². The van der Waals surface area contributed by atoms with Gasteiger partial charge in [-0.15, -0.1) is 12.4 Å². The van der Waals surface area contributed by atoms with Crippen LogP contribution in [-0.2, 0) is 16.4 Å². The second-order valence-corrected chi connectivity index (χ2v) is 6.68. The molecular weight excluding hydrogens is 356 g/mol. The summed E-state index contributed by atoms with van der Waals surface area (Å²) >= 11 is 3.32. The molecule has 0 spiro atoms. The Balaban J connectivity index is 0.00000180. The molecule has 8 heteroatoms. The van der Waals surface area contributed by atoms with Crippen LogP contribution in [0.5, 0.6) is 5.75 Å². The van der Waals surface area contributed by atoms with Gasteiger partial charge in [-0.3, -0.25) is 0 Å². The van der Waals surface area contributed by atoms with E-state index in [1.54, 1.807) is 6.07 Å². The first-order valence-corrected chi connectivity index (χ1v) is 7.97. The maximum atomic E-state index is 12.2. The number of nitrogens with two attached hydrogens (primary N) is 1. The Labute approximate surface area is 127 Å². The number of rotatable bonds is 5. The Bertz CT molecular complexity index is 551. The molecule has 108 valence electrons. The molecule has 0 radical (unpaired) electrons. The number of hydrogen-bond donors (Lipinski definition) is 2. The van der Waals surface area contributed by atoms with Crippen LogP contribution in [0.3, 0.4) is 0 Å². The molecule has 1 aliphatic heterocycles. The van der Waals surface area contributed by atoms with Crippen molar-refractivity contribution in [2.45, 2.75) is 17.7 Å². The van der Waals surface area contributed by atoms with Gasteiger partial charge in [0.15, 0.2) is 0 Å². The first-order chi connectivity index (χ1) is 8.54. The lowest BCUT2D eigenvalue weighted by molar-refractivity contribution is 0.348. The minimum absolute atomic E-state index is 0. The Morgan fingerprint density at radius 2 is 2.16 bits per heavy atom. The molecule has 0 saturated carbocycles. The van der Waals surface area contributed by atoms with Gasteiger partial charge in [-0.1, -0.05) is 15.9 Å². The van der Waals surface area contributed by atoms with E-state index < -0.39 is 10.0 Å². The summed E-state index contributed by atoms with van der Waals surface area (Å²) < 4.78 is 33.0. The quantitative estimate of drug-likeness (QED) is 0.767. The van der Waals surface area contributed by atoms with Gasteiger partial charge < -0.3 is 10.5 Å². The van der Waals surface area contributed by atoms with E-state index in [-0.39, 0.29) is 17.3 Å². The van der Waals surface area contributed by atoms with Crippen molar-refractivity contribution in [2.24, 2.45) is 5.73 Å². The summed E-state index contributed by atoms with van der Waals surface area (Å²) in [6.07, 6.45) is 1.34. The zero-order chi connectivity index (χ0) is 13.2. The molecule has 1 aromatic rings. The highest BCUT2D eigenvalue weighted by Gasteiger charge is 2.25. The number of nitrogens with one attached hydrogen (secondary N) is 1. The summed E-state index contributed by atoms with van der Waals surface area (Å²) in [4.78, 5) is 0.196. The Hall–Kier alpha value is -0.340. The van der Waals surface area contributed by atoms with Crippen LogP contribution < -0.4 is 15.2 Å². The van der Waals surface area contributed by atoms with Gasteiger partial charge in [0.05, 0.1) is 6.61 Å². The summed E-state index contributed by atoms with van der Waals surface area (Å²) in [5.41, 5.74) is 6.26. The minimum atomic E-state index is -3.54. The normalized spacial score (nSPS) is 13.6. The molecule has 3 N–H and O–H groups in total. The number of ether oxygens (including phenoxy) is 1. The fraction of sp³-hybridized carbons (Fsp3) is 0.455. The first kappa shape index (κ1) is 16.7. The maximum Gasteiger partial charge on any atom is 0.244 e. The topological polar surface area (TPSA) is 81.4 Å². The van der Waals surface area contributed by atoms with Crippen LogP contribution in [0.25, 0.3) is 0 Å². The molecule has 0 unspecified atom stereocenters. The molecule has 19 heavy (non-hydrogen) atoms.